The lowest BCUT2D eigenvalue weighted by atomic mass is 10.2. The summed E-state index contributed by atoms with van der Waals surface area (Å²) < 4.78 is 36.7. The minimum Gasteiger partial charge on any atom is -0.490 e. The first-order valence-corrected chi connectivity index (χ1v) is 12.9. The number of carboxylic acids is 1. The quantitative estimate of drug-likeness (QED) is 0.266. The third-order valence-electron chi connectivity index (χ3n) is 4.33. The van der Waals surface area contributed by atoms with Crippen molar-refractivity contribution < 1.29 is 32.0 Å². The van der Waals surface area contributed by atoms with E-state index in [2.05, 4.69) is 31.4 Å². The van der Waals surface area contributed by atoms with Crippen LogP contribution < -0.4 is 14.2 Å². The van der Waals surface area contributed by atoms with E-state index < -0.39 is 27.2 Å². The summed E-state index contributed by atoms with van der Waals surface area (Å²) >= 11 is 4.30. The molecule has 0 spiro atoms. The fourth-order valence-electron chi connectivity index (χ4n) is 2.76. The number of nitrogens with zero attached hydrogens (tertiary/aromatic N) is 2. The predicted octanol–water partition coefficient (Wildman–Crippen LogP) is 3.32. The fraction of sp³-hybridized carbons (Fsp3) is 0.238. The van der Waals surface area contributed by atoms with E-state index >= 15 is 0 Å². The average molecular weight is 570 g/mol. The first kappa shape index (κ1) is 25.7. The molecule has 0 aromatic heterocycles. The number of ether oxygens (including phenoxy) is 1. The Morgan fingerprint density at radius 2 is 2.00 bits per heavy atom. The molecule has 13 heteroatoms. The molecule has 180 valence electrons. The Labute approximate surface area is 208 Å². The van der Waals surface area contributed by atoms with Crippen LogP contribution in [0.5, 0.6) is 11.5 Å². The summed E-state index contributed by atoms with van der Waals surface area (Å²) in [4.78, 5) is 22.6. The first-order chi connectivity index (χ1) is 16.1. The maximum Gasteiger partial charge on any atom is 0.339 e. The molecule has 1 atom stereocenters. The van der Waals surface area contributed by atoms with Crippen molar-refractivity contribution in [1.82, 2.24) is 5.32 Å². The van der Waals surface area contributed by atoms with E-state index in [1.54, 1.807) is 25.1 Å². The number of aliphatic carboxylic acids is 1. The van der Waals surface area contributed by atoms with Gasteiger partial charge < -0.3 is 19.3 Å². The van der Waals surface area contributed by atoms with Crippen molar-refractivity contribution in [3.63, 3.8) is 0 Å². The SMILES string of the molecule is CCOc1cc(/C=N\N=C2\NC(=O)[C@H](CC(=O)O)S2)cc(Br)c1OS(=O)(=O)c1ccc(C)cc1. The van der Waals surface area contributed by atoms with Gasteiger partial charge in [-0.2, -0.15) is 13.5 Å². The van der Waals surface area contributed by atoms with Crippen molar-refractivity contribution in [2.75, 3.05) is 6.61 Å². The number of thioether (sulfide) groups is 1. The molecule has 1 fully saturated rings. The van der Waals surface area contributed by atoms with Gasteiger partial charge in [0.05, 0.1) is 23.7 Å². The second-order valence-corrected chi connectivity index (χ2v) is 10.5. The van der Waals surface area contributed by atoms with Gasteiger partial charge in [0.25, 0.3) is 0 Å². The van der Waals surface area contributed by atoms with Crippen molar-refractivity contribution in [1.29, 1.82) is 0 Å². The highest BCUT2D eigenvalue weighted by Crippen LogP contribution is 2.38. The number of halogens is 1. The number of benzene rings is 2. The Kier molecular flexibility index (Phi) is 8.33. The number of carbonyl (C=O) groups is 2. The molecular formula is C21H20BrN3O7S2. The zero-order valence-electron chi connectivity index (χ0n) is 18.0. The maximum absolute atomic E-state index is 12.7. The molecule has 1 aliphatic heterocycles. The average Bonchev–Trinajstić information content (AvgIpc) is 3.09. The Hall–Kier alpha value is -2.90. The predicted molar refractivity (Wildman–Crippen MR) is 131 cm³/mol. The molecule has 1 amide bonds. The second kappa shape index (κ2) is 11.0. The highest BCUT2D eigenvalue weighted by Gasteiger charge is 2.32. The summed E-state index contributed by atoms with van der Waals surface area (Å²) in [5.74, 6) is -1.37. The van der Waals surface area contributed by atoms with Crippen LogP contribution in [-0.4, -0.2) is 48.6 Å². The molecule has 0 saturated carbocycles. The second-order valence-electron chi connectivity index (χ2n) is 6.96. The van der Waals surface area contributed by atoms with Gasteiger partial charge in [-0.3, -0.25) is 9.59 Å². The molecular weight excluding hydrogens is 550 g/mol. The monoisotopic (exact) mass is 569 g/mol. The van der Waals surface area contributed by atoms with Crippen molar-refractivity contribution in [3.05, 3.63) is 52.0 Å². The van der Waals surface area contributed by atoms with Gasteiger partial charge in [-0.1, -0.05) is 29.5 Å². The van der Waals surface area contributed by atoms with Crippen LogP contribution in [0.15, 0.2) is 56.0 Å². The molecule has 0 aliphatic carbocycles. The minimum absolute atomic E-state index is 0.00576. The molecule has 10 nitrogen and oxygen atoms in total. The summed E-state index contributed by atoms with van der Waals surface area (Å²) in [5, 5.41) is 18.5. The molecule has 1 saturated heterocycles. The Bertz CT molecular complexity index is 1260. The van der Waals surface area contributed by atoms with Crippen molar-refractivity contribution in [3.8, 4) is 11.5 Å². The number of aryl methyl sites for hydroxylation is 1. The number of amidine groups is 1. The Balaban J connectivity index is 1.81. The van der Waals surface area contributed by atoms with Crippen LogP contribution in [0.25, 0.3) is 0 Å². The van der Waals surface area contributed by atoms with E-state index in [-0.39, 0.29) is 34.6 Å². The van der Waals surface area contributed by atoms with Crippen LogP contribution in [0.1, 0.15) is 24.5 Å². The van der Waals surface area contributed by atoms with Gasteiger partial charge in [0.2, 0.25) is 5.91 Å². The lowest BCUT2D eigenvalue weighted by Gasteiger charge is -2.14. The first-order valence-electron chi connectivity index (χ1n) is 9.87. The van der Waals surface area contributed by atoms with Gasteiger partial charge in [-0.05, 0) is 59.6 Å². The molecule has 0 radical (unpaired) electrons. The van der Waals surface area contributed by atoms with Crippen LogP contribution in [0.2, 0.25) is 0 Å². The van der Waals surface area contributed by atoms with Gasteiger partial charge >= 0.3 is 16.1 Å². The van der Waals surface area contributed by atoms with Crippen LogP contribution in [0, 0.1) is 6.92 Å². The molecule has 0 bridgehead atoms. The van der Waals surface area contributed by atoms with Crippen LogP contribution in [0.3, 0.4) is 0 Å². The number of nitrogens with one attached hydrogen (secondary N) is 1. The highest BCUT2D eigenvalue weighted by atomic mass is 79.9. The Morgan fingerprint density at radius 1 is 1.29 bits per heavy atom. The van der Waals surface area contributed by atoms with Crippen molar-refractivity contribution in [2.45, 2.75) is 30.4 Å². The van der Waals surface area contributed by atoms with Crippen LogP contribution in [0.4, 0.5) is 0 Å². The van der Waals surface area contributed by atoms with Gasteiger partial charge in [0.15, 0.2) is 16.7 Å². The molecule has 1 heterocycles. The Morgan fingerprint density at radius 3 is 2.65 bits per heavy atom. The standard InChI is InChI=1S/C21H20BrN3O7S2/c1-3-31-16-9-13(11-23-25-21-24-20(28)17(33-21)10-18(26)27)8-15(22)19(16)32-34(29,30)14-6-4-12(2)5-7-14/h4-9,11,17H,3,10H2,1-2H3,(H,26,27)(H,24,25,28)/b23-11-/t17-/m0/s1. The molecule has 2 N–H and O–H groups in total. The minimum atomic E-state index is -4.10. The van der Waals surface area contributed by atoms with Gasteiger partial charge in [0.1, 0.15) is 10.1 Å². The molecule has 0 unspecified atom stereocenters. The molecule has 1 aliphatic rings. The van der Waals surface area contributed by atoms with E-state index in [0.717, 1.165) is 17.3 Å². The largest absolute Gasteiger partial charge is 0.490 e. The molecule has 2 aromatic carbocycles. The lowest BCUT2D eigenvalue weighted by molar-refractivity contribution is -0.138. The van der Waals surface area contributed by atoms with Crippen molar-refractivity contribution >= 4 is 61.1 Å². The van der Waals surface area contributed by atoms with Crippen molar-refractivity contribution in [2.24, 2.45) is 10.2 Å². The number of carbonyl (C=O) groups excluding carboxylic acids is 1. The summed E-state index contributed by atoms with van der Waals surface area (Å²) in [6, 6.07) is 9.36. The molecule has 3 rings (SSSR count). The summed E-state index contributed by atoms with van der Waals surface area (Å²) in [5.41, 5.74) is 1.42. The van der Waals surface area contributed by atoms with Crippen LogP contribution in [-0.2, 0) is 19.7 Å². The number of amides is 1. The number of hydrogen-bond acceptors (Lipinski definition) is 9. The zero-order valence-corrected chi connectivity index (χ0v) is 21.2. The third kappa shape index (κ3) is 6.58. The maximum atomic E-state index is 12.7. The molecule has 2 aromatic rings. The number of rotatable bonds is 9. The topological polar surface area (TPSA) is 144 Å². The fourth-order valence-corrected chi connectivity index (χ4v) is 5.28. The molecule has 34 heavy (non-hydrogen) atoms. The third-order valence-corrected chi connectivity index (χ3v) is 7.22. The zero-order chi connectivity index (χ0) is 24.9. The summed E-state index contributed by atoms with van der Waals surface area (Å²) in [6.07, 6.45) is 1.05. The highest BCUT2D eigenvalue weighted by molar-refractivity contribution is 9.10. The van der Waals surface area contributed by atoms with Gasteiger partial charge in [0, 0.05) is 0 Å². The normalized spacial score (nSPS) is 17.2. The van der Waals surface area contributed by atoms with E-state index in [9.17, 15) is 18.0 Å². The van der Waals surface area contributed by atoms with Gasteiger partial charge in [-0.25, -0.2) is 0 Å². The van der Waals surface area contributed by atoms with E-state index in [1.807, 2.05) is 6.92 Å². The number of hydrogen-bond donors (Lipinski definition) is 2. The smallest absolute Gasteiger partial charge is 0.339 e. The van der Waals surface area contributed by atoms with E-state index in [1.165, 1.54) is 24.4 Å². The summed E-state index contributed by atoms with van der Waals surface area (Å²) in [6.45, 7) is 3.84. The van der Waals surface area contributed by atoms with Crippen LogP contribution >= 0.6 is 27.7 Å². The lowest BCUT2D eigenvalue weighted by Crippen LogP contribution is -2.26. The summed E-state index contributed by atoms with van der Waals surface area (Å²) in [7, 11) is -4.10. The van der Waals surface area contributed by atoms with Gasteiger partial charge in [-0.15, -0.1) is 5.10 Å². The van der Waals surface area contributed by atoms with E-state index in [0.29, 0.717) is 10.0 Å². The number of carboxylic acid groups (broad SMARTS) is 1. The van der Waals surface area contributed by atoms with E-state index in [4.69, 9.17) is 14.0 Å².